The first-order valence-electron chi connectivity index (χ1n) is 9.03. The van der Waals surface area contributed by atoms with Gasteiger partial charge < -0.3 is 24.7 Å². The molecule has 1 aromatic heterocycles. The van der Waals surface area contributed by atoms with E-state index in [1.807, 2.05) is 0 Å². The number of nitrogens with zero attached hydrogens (tertiary/aromatic N) is 2. The summed E-state index contributed by atoms with van der Waals surface area (Å²) < 4.78 is 24.3. The van der Waals surface area contributed by atoms with Crippen molar-refractivity contribution >= 4 is 5.91 Å². The highest BCUT2D eigenvalue weighted by Gasteiger charge is 2.46. The van der Waals surface area contributed by atoms with Crippen LogP contribution in [0.4, 0.5) is 4.39 Å². The summed E-state index contributed by atoms with van der Waals surface area (Å²) in [6, 6.07) is 4.71. The Labute approximate surface area is 161 Å². The Morgan fingerprint density at radius 1 is 1.50 bits per heavy atom. The third-order valence-electron chi connectivity index (χ3n) is 4.95. The van der Waals surface area contributed by atoms with Gasteiger partial charge in [-0.25, -0.2) is 9.37 Å². The number of rotatable bonds is 7. The van der Waals surface area contributed by atoms with E-state index in [1.165, 1.54) is 24.6 Å². The smallest absolute Gasteiger partial charge is 0.273 e. The molecule has 1 aliphatic carbocycles. The Morgan fingerprint density at radius 2 is 2.29 bits per heavy atom. The van der Waals surface area contributed by atoms with Crippen molar-refractivity contribution in [2.24, 2.45) is 0 Å². The number of aliphatic hydroxyl groups is 2. The molecule has 1 fully saturated rings. The minimum Gasteiger partial charge on any atom is -0.487 e. The summed E-state index contributed by atoms with van der Waals surface area (Å²) in [5.74, 6) is -0.168. The number of halogens is 1. The molecule has 0 bridgehead atoms. The van der Waals surface area contributed by atoms with Crippen molar-refractivity contribution in [3.05, 3.63) is 47.9 Å². The Kier molecular flexibility index (Phi) is 6.28. The molecular weight excluding hydrogens is 369 g/mol. The Balaban J connectivity index is 1.78. The van der Waals surface area contributed by atoms with Crippen molar-refractivity contribution in [2.75, 3.05) is 20.2 Å². The van der Waals surface area contributed by atoms with Crippen molar-refractivity contribution < 1.29 is 28.6 Å². The molecule has 3 rings (SSSR count). The first-order valence-corrected chi connectivity index (χ1v) is 9.03. The zero-order chi connectivity index (χ0) is 20.3. The molecule has 0 spiro atoms. The van der Waals surface area contributed by atoms with Gasteiger partial charge in [0.05, 0.1) is 18.7 Å². The number of carbonyl (C=O) groups excluding carboxylic acids is 1. The van der Waals surface area contributed by atoms with E-state index >= 15 is 0 Å². The third kappa shape index (κ3) is 4.32. The molecule has 3 N–H and O–H groups in total. The van der Waals surface area contributed by atoms with Gasteiger partial charge in [-0.15, -0.1) is 0 Å². The number of ether oxygens (including phenoxy) is 1. The molecule has 152 valence electrons. The standard InChI is InChI=1S/C19H24FN3O5/c1-11-16(21-10-27-11)19(26)22-14-9-15(18(25)17(14)23(2)6-7-24)28-13-5-3-4-12(20)8-13/h3-5,8,10,14-15,17-18,24-25H,6-7,9H2,1-2H3,(H,22,26)/t14-,15-,17+,18+/m1/s1. The van der Waals surface area contributed by atoms with Gasteiger partial charge in [0.1, 0.15) is 29.5 Å². The first kappa shape index (κ1) is 20.2. The van der Waals surface area contributed by atoms with Crippen LogP contribution in [0.25, 0.3) is 0 Å². The fourth-order valence-electron chi connectivity index (χ4n) is 3.60. The minimum absolute atomic E-state index is 0.0990. The number of benzene rings is 1. The van der Waals surface area contributed by atoms with Crippen LogP contribution in [0.5, 0.6) is 5.75 Å². The lowest BCUT2D eigenvalue weighted by Gasteiger charge is -2.31. The van der Waals surface area contributed by atoms with Crippen molar-refractivity contribution in [2.45, 2.75) is 37.6 Å². The van der Waals surface area contributed by atoms with E-state index < -0.39 is 36.0 Å². The summed E-state index contributed by atoms with van der Waals surface area (Å²) >= 11 is 0. The van der Waals surface area contributed by atoms with Gasteiger partial charge in [0.15, 0.2) is 12.1 Å². The van der Waals surface area contributed by atoms with Gasteiger partial charge in [0.25, 0.3) is 5.91 Å². The number of hydrogen-bond donors (Lipinski definition) is 3. The minimum atomic E-state index is -0.955. The Bertz CT molecular complexity index is 814. The number of amides is 1. The average Bonchev–Trinajstić information content (AvgIpc) is 3.19. The third-order valence-corrected chi connectivity index (χ3v) is 4.95. The highest BCUT2D eigenvalue weighted by atomic mass is 19.1. The van der Waals surface area contributed by atoms with Gasteiger partial charge in [-0.2, -0.15) is 0 Å². The molecule has 1 aliphatic rings. The average molecular weight is 393 g/mol. The van der Waals surface area contributed by atoms with E-state index in [9.17, 15) is 19.4 Å². The zero-order valence-corrected chi connectivity index (χ0v) is 15.7. The van der Waals surface area contributed by atoms with Crippen molar-refractivity contribution in [3.8, 4) is 5.75 Å². The molecule has 4 atom stereocenters. The molecule has 1 aromatic carbocycles. The van der Waals surface area contributed by atoms with Crippen LogP contribution >= 0.6 is 0 Å². The van der Waals surface area contributed by atoms with Crippen molar-refractivity contribution in [1.29, 1.82) is 0 Å². The highest BCUT2D eigenvalue weighted by molar-refractivity contribution is 5.93. The molecule has 1 amide bonds. The van der Waals surface area contributed by atoms with Crippen LogP contribution in [0.2, 0.25) is 0 Å². The molecule has 0 unspecified atom stereocenters. The molecule has 0 radical (unpaired) electrons. The lowest BCUT2D eigenvalue weighted by molar-refractivity contribution is 0.0109. The molecule has 9 heteroatoms. The monoisotopic (exact) mass is 393 g/mol. The summed E-state index contributed by atoms with van der Waals surface area (Å²) in [4.78, 5) is 18.2. The predicted molar refractivity (Wildman–Crippen MR) is 97.4 cm³/mol. The van der Waals surface area contributed by atoms with Crippen LogP contribution < -0.4 is 10.1 Å². The Hall–Kier alpha value is -2.49. The molecule has 1 saturated carbocycles. The maximum Gasteiger partial charge on any atom is 0.273 e. The van der Waals surface area contributed by atoms with Crippen LogP contribution in [0.15, 0.2) is 35.1 Å². The van der Waals surface area contributed by atoms with Crippen LogP contribution in [0.1, 0.15) is 22.7 Å². The quantitative estimate of drug-likeness (QED) is 0.636. The zero-order valence-electron chi connectivity index (χ0n) is 15.7. The summed E-state index contributed by atoms with van der Waals surface area (Å²) in [7, 11) is 1.75. The van der Waals surface area contributed by atoms with Gasteiger partial charge in [-0.1, -0.05) is 6.07 Å². The topological polar surface area (TPSA) is 108 Å². The lowest BCUT2D eigenvalue weighted by Crippen LogP contribution is -2.52. The van der Waals surface area contributed by atoms with E-state index in [1.54, 1.807) is 24.9 Å². The number of oxazole rings is 1. The van der Waals surface area contributed by atoms with Gasteiger partial charge in [-0.3, -0.25) is 9.69 Å². The van der Waals surface area contributed by atoms with E-state index in [0.717, 1.165) is 0 Å². The molecule has 28 heavy (non-hydrogen) atoms. The normalized spacial score (nSPS) is 24.5. The molecular formula is C19H24FN3O5. The van der Waals surface area contributed by atoms with E-state index in [-0.39, 0.29) is 12.3 Å². The second kappa shape index (κ2) is 8.68. The van der Waals surface area contributed by atoms with Crippen molar-refractivity contribution in [1.82, 2.24) is 15.2 Å². The van der Waals surface area contributed by atoms with Gasteiger partial charge in [0, 0.05) is 19.0 Å². The predicted octanol–water partition coefficient (Wildman–Crippen LogP) is 0.725. The number of carbonyl (C=O) groups is 1. The number of hydrogen-bond acceptors (Lipinski definition) is 7. The number of aromatic nitrogens is 1. The maximum absolute atomic E-state index is 13.4. The fraction of sp³-hybridized carbons (Fsp3) is 0.474. The van der Waals surface area contributed by atoms with Crippen LogP contribution in [0.3, 0.4) is 0 Å². The number of nitrogens with one attached hydrogen (secondary N) is 1. The second-order valence-corrected chi connectivity index (χ2v) is 6.87. The number of likely N-dealkylation sites (N-methyl/N-ethyl adjacent to an activating group) is 1. The van der Waals surface area contributed by atoms with Gasteiger partial charge in [-0.05, 0) is 26.1 Å². The summed E-state index contributed by atoms with van der Waals surface area (Å²) in [5.41, 5.74) is 0.174. The van der Waals surface area contributed by atoms with Crippen LogP contribution in [0, 0.1) is 12.7 Å². The lowest BCUT2D eigenvalue weighted by atomic mass is 10.1. The van der Waals surface area contributed by atoms with Gasteiger partial charge in [0.2, 0.25) is 0 Å². The Morgan fingerprint density at radius 3 is 2.93 bits per heavy atom. The SMILES string of the molecule is Cc1ocnc1C(=O)N[C@@H]1C[C@@H](Oc2cccc(F)c2)[C@H](O)[C@H]1N(C)CCO. The van der Waals surface area contributed by atoms with Gasteiger partial charge >= 0.3 is 0 Å². The number of aryl methyl sites for hydroxylation is 1. The fourth-order valence-corrected chi connectivity index (χ4v) is 3.60. The first-order chi connectivity index (χ1) is 13.4. The molecule has 8 nitrogen and oxygen atoms in total. The highest BCUT2D eigenvalue weighted by Crippen LogP contribution is 2.29. The van der Waals surface area contributed by atoms with Crippen molar-refractivity contribution in [3.63, 3.8) is 0 Å². The molecule has 1 heterocycles. The largest absolute Gasteiger partial charge is 0.487 e. The number of aliphatic hydroxyl groups excluding tert-OH is 2. The summed E-state index contributed by atoms with van der Waals surface area (Å²) in [5, 5.41) is 23.0. The van der Waals surface area contributed by atoms with E-state index in [0.29, 0.717) is 24.5 Å². The maximum atomic E-state index is 13.4. The molecule has 0 saturated heterocycles. The van der Waals surface area contributed by atoms with Crippen LogP contribution in [-0.4, -0.2) is 70.5 Å². The van der Waals surface area contributed by atoms with Crippen LogP contribution in [-0.2, 0) is 0 Å². The summed E-state index contributed by atoms with van der Waals surface area (Å²) in [6.07, 6.45) is -0.111. The van der Waals surface area contributed by atoms with E-state index in [2.05, 4.69) is 10.3 Å². The molecule has 0 aliphatic heterocycles. The second-order valence-electron chi connectivity index (χ2n) is 6.87. The van der Waals surface area contributed by atoms with E-state index in [4.69, 9.17) is 9.15 Å². The summed E-state index contributed by atoms with van der Waals surface area (Å²) in [6.45, 7) is 1.85. The molecule has 2 aromatic rings.